The largest absolute Gasteiger partial charge is 0.489 e. The number of hydrogen-bond donors (Lipinski definition) is 2. The Morgan fingerprint density at radius 1 is 1.43 bits per heavy atom. The van der Waals surface area contributed by atoms with Crippen molar-refractivity contribution in [1.29, 1.82) is 0 Å². The highest BCUT2D eigenvalue weighted by Crippen LogP contribution is 2.20. The van der Waals surface area contributed by atoms with Crippen molar-refractivity contribution >= 4 is 18.3 Å². The minimum absolute atomic E-state index is 0. The van der Waals surface area contributed by atoms with E-state index in [1.165, 1.54) is 12.1 Å². The van der Waals surface area contributed by atoms with Crippen LogP contribution in [0.25, 0.3) is 0 Å². The number of rotatable bonds is 7. The number of carbonyl (C=O) groups is 1. The van der Waals surface area contributed by atoms with Crippen molar-refractivity contribution in [1.82, 2.24) is 25.6 Å². The molecule has 1 aliphatic rings. The highest BCUT2D eigenvalue weighted by atomic mass is 35.5. The summed E-state index contributed by atoms with van der Waals surface area (Å²) in [5.74, 6) is -0.172. The summed E-state index contributed by atoms with van der Waals surface area (Å²) in [6, 6.07) is 6.27. The predicted octanol–water partition coefficient (Wildman–Crippen LogP) is 2.66. The second kappa shape index (κ2) is 10.4. The third-order valence-corrected chi connectivity index (χ3v) is 4.84. The molecule has 1 unspecified atom stereocenters. The molecule has 9 heteroatoms. The predicted molar refractivity (Wildman–Crippen MR) is 107 cm³/mol. The normalized spacial score (nSPS) is 15.5. The SMILES string of the molecule is CCC(CNC(=O)c1nnn(C2CCNCC2)c1C)Oc1cccc(F)c1.Cl. The van der Waals surface area contributed by atoms with E-state index < -0.39 is 0 Å². The molecular weight excluding hydrogens is 385 g/mol. The first-order chi connectivity index (χ1) is 13.1. The summed E-state index contributed by atoms with van der Waals surface area (Å²) in [6.07, 6.45) is 2.38. The van der Waals surface area contributed by atoms with Gasteiger partial charge in [-0.1, -0.05) is 18.2 Å². The molecule has 2 N–H and O–H groups in total. The quantitative estimate of drug-likeness (QED) is 0.732. The summed E-state index contributed by atoms with van der Waals surface area (Å²) in [7, 11) is 0. The van der Waals surface area contributed by atoms with Gasteiger partial charge in [-0.3, -0.25) is 4.79 Å². The lowest BCUT2D eigenvalue weighted by molar-refractivity contribution is 0.0920. The molecule has 3 rings (SSSR count). The number of aromatic nitrogens is 3. The van der Waals surface area contributed by atoms with Crippen molar-refractivity contribution in [2.45, 2.75) is 45.3 Å². The van der Waals surface area contributed by atoms with E-state index in [1.54, 1.807) is 12.1 Å². The van der Waals surface area contributed by atoms with Gasteiger partial charge in [-0.25, -0.2) is 9.07 Å². The van der Waals surface area contributed by atoms with Crippen LogP contribution in [0.1, 0.15) is 48.4 Å². The average molecular weight is 412 g/mol. The molecule has 1 amide bonds. The van der Waals surface area contributed by atoms with Crippen LogP contribution in [-0.4, -0.2) is 46.6 Å². The number of halogens is 2. The molecule has 2 heterocycles. The van der Waals surface area contributed by atoms with Gasteiger partial charge < -0.3 is 15.4 Å². The number of carbonyl (C=O) groups excluding carboxylic acids is 1. The zero-order valence-electron chi connectivity index (χ0n) is 16.2. The molecule has 1 aromatic heterocycles. The number of piperidine rings is 1. The molecular formula is C19H27ClFN5O2. The highest BCUT2D eigenvalue weighted by molar-refractivity contribution is 5.93. The summed E-state index contributed by atoms with van der Waals surface area (Å²) in [5, 5.41) is 14.4. The van der Waals surface area contributed by atoms with E-state index in [0.29, 0.717) is 24.4 Å². The van der Waals surface area contributed by atoms with Gasteiger partial charge in [-0.2, -0.15) is 0 Å². The maximum Gasteiger partial charge on any atom is 0.273 e. The third-order valence-electron chi connectivity index (χ3n) is 4.84. The summed E-state index contributed by atoms with van der Waals surface area (Å²) in [6.45, 7) is 6.03. The Kier molecular flexibility index (Phi) is 8.19. The highest BCUT2D eigenvalue weighted by Gasteiger charge is 2.23. The molecule has 7 nitrogen and oxygen atoms in total. The van der Waals surface area contributed by atoms with E-state index in [9.17, 15) is 9.18 Å². The minimum atomic E-state index is -0.350. The fourth-order valence-corrected chi connectivity index (χ4v) is 3.24. The summed E-state index contributed by atoms with van der Waals surface area (Å²) < 4.78 is 20.9. The Morgan fingerprint density at radius 2 is 2.18 bits per heavy atom. The number of nitrogens with one attached hydrogen (secondary N) is 2. The summed E-state index contributed by atoms with van der Waals surface area (Å²) in [5.41, 5.74) is 1.12. The lowest BCUT2D eigenvalue weighted by Gasteiger charge is -2.23. The van der Waals surface area contributed by atoms with Gasteiger partial charge in [-0.05, 0) is 51.4 Å². The van der Waals surface area contributed by atoms with Crippen molar-refractivity contribution in [3.63, 3.8) is 0 Å². The first-order valence-corrected chi connectivity index (χ1v) is 9.41. The Hall–Kier alpha value is -2.19. The van der Waals surface area contributed by atoms with Crippen LogP contribution >= 0.6 is 12.4 Å². The maximum absolute atomic E-state index is 13.3. The van der Waals surface area contributed by atoms with E-state index in [-0.39, 0.29) is 36.3 Å². The van der Waals surface area contributed by atoms with Gasteiger partial charge in [0.2, 0.25) is 0 Å². The van der Waals surface area contributed by atoms with Gasteiger partial charge in [0.15, 0.2) is 5.69 Å². The zero-order valence-corrected chi connectivity index (χ0v) is 17.0. The van der Waals surface area contributed by atoms with Crippen LogP contribution in [0.3, 0.4) is 0 Å². The number of ether oxygens (including phenoxy) is 1. The van der Waals surface area contributed by atoms with Crippen molar-refractivity contribution in [3.05, 3.63) is 41.5 Å². The molecule has 154 valence electrons. The summed E-state index contributed by atoms with van der Waals surface area (Å²) in [4.78, 5) is 12.5. The van der Waals surface area contributed by atoms with E-state index in [1.807, 2.05) is 18.5 Å². The number of hydrogen-bond acceptors (Lipinski definition) is 5. The maximum atomic E-state index is 13.3. The van der Waals surface area contributed by atoms with E-state index in [2.05, 4.69) is 20.9 Å². The average Bonchev–Trinajstić information content (AvgIpc) is 3.07. The molecule has 0 radical (unpaired) electrons. The van der Waals surface area contributed by atoms with Crippen LogP contribution in [0.15, 0.2) is 24.3 Å². The Morgan fingerprint density at radius 3 is 2.86 bits per heavy atom. The van der Waals surface area contributed by atoms with Crippen LogP contribution in [0.4, 0.5) is 4.39 Å². The van der Waals surface area contributed by atoms with Crippen molar-refractivity contribution in [3.8, 4) is 5.75 Å². The first kappa shape index (κ1) is 22.1. The second-order valence-corrected chi connectivity index (χ2v) is 6.76. The Bertz CT molecular complexity index is 779. The van der Waals surface area contributed by atoms with Gasteiger partial charge in [0.05, 0.1) is 18.3 Å². The van der Waals surface area contributed by atoms with Crippen LogP contribution in [0.5, 0.6) is 5.75 Å². The molecule has 0 saturated carbocycles. The lowest BCUT2D eigenvalue weighted by atomic mass is 10.1. The van der Waals surface area contributed by atoms with Crippen LogP contribution in [0.2, 0.25) is 0 Å². The first-order valence-electron chi connectivity index (χ1n) is 9.41. The fourth-order valence-electron chi connectivity index (χ4n) is 3.24. The Balaban J connectivity index is 0.00000280. The standard InChI is InChI=1S/C19H26FN5O2.ClH/c1-3-16(27-17-6-4-5-14(20)11-17)12-22-19(26)18-13(2)25(24-23-18)15-7-9-21-10-8-15;/h4-6,11,15-16,21H,3,7-10,12H2,1-2H3,(H,22,26);1H. The van der Waals surface area contributed by atoms with Gasteiger partial charge in [-0.15, -0.1) is 17.5 Å². The van der Waals surface area contributed by atoms with E-state index in [4.69, 9.17) is 4.74 Å². The molecule has 1 aromatic carbocycles. The van der Waals surface area contributed by atoms with Crippen LogP contribution in [0, 0.1) is 12.7 Å². The zero-order chi connectivity index (χ0) is 19.2. The molecule has 1 fully saturated rings. The minimum Gasteiger partial charge on any atom is -0.489 e. The van der Waals surface area contributed by atoms with Crippen molar-refractivity contribution < 1.29 is 13.9 Å². The number of benzene rings is 1. The summed E-state index contributed by atoms with van der Waals surface area (Å²) >= 11 is 0. The molecule has 1 atom stereocenters. The molecule has 2 aromatic rings. The van der Waals surface area contributed by atoms with Gasteiger partial charge in [0.25, 0.3) is 5.91 Å². The fraction of sp³-hybridized carbons (Fsp3) is 0.526. The molecule has 0 aliphatic carbocycles. The number of nitrogens with zero attached hydrogens (tertiary/aromatic N) is 3. The van der Waals surface area contributed by atoms with Crippen LogP contribution < -0.4 is 15.4 Å². The molecule has 1 saturated heterocycles. The third kappa shape index (κ3) is 5.42. The van der Waals surface area contributed by atoms with E-state index >= 15 is 0 Å². The molecule has 0 bridgehead atoms. The topological polar surface area (TPSA) is 81.1 Å². The van der Waals surface area contributed by atoms with Crippen LogP contribution in [-0.2, 0) is 0 Å². The lowest BCUT2D eigenvalue weighted by Crippen LogP contribution is -2.35. The van der Waals surface area contributed by atoms with Crippen molar-refractivity contribution in [2.75, 3.05) is 19.6 Å². The number of amides is 1. The molecule has 1 aliphatic heterocycles. The van der Waals surface area contributed by atoms with Gasteiger partial charge >= 0.3 is 0 Å². The smallest absolute Gasteiger partial charge is 0.273 e. The van der Waals surface area contributed by atoms with Gasteiger partial charge in [0.1, 0.15) is 17.7 Å². The van der Waals surface area contributed by atoms with Gasteiger partial charge in [0, 0.05) is 6.07 Å². The monoisotopic (exact) mass is 411 g/mol. The molecule has 0 spiro atoms. The second-order valence-electron chi connectivity index (χ2n) is 6.76. The van der Waals surface area contributed by atoms with E-state index in [0.717, 1.165) is 31.6 Å². The van der Waals surface area contributed by atoms with Crippen molar-refractivity contribution in [2.24, 2.45) is 0 Å². The molecule has 28 heavy (non-hydrogen) atoms. The Labute approximate surface area is 170 Å².